The summed E-state index contributed by atoms with van der Waals surface area (Å²) in [6.45, 7) is 0. The molecule has 16 heavy (non-hydrogen) atoms. The Morgan fingerprint density at radius 1 is 1.00 bits per heavy atom. The third kappa shape index (κ3) is 2.11. The molecular weight excluding hydrogens is 205 g/mol. The third-order valence-electron chi connectivity index (χ3n) is 2.37. The highest BCUT2D eigenvalue weighted by Gasteiger charge is 2.06. The molecule has 0 saturated carbocycles. The molecule has 0 aliphatic heterocycles. The van der Waals surface area contributed by atoms with Crippen molar-refractivity contribution in [3.63, 3.8) is 0 Å². The number of hydrogen-bond donors (Lipinski definition) is 2. The first-order valence-electron chi connectivity index (χ1n) is 4.91. The second kappa shape index (κ2) is 4.18. The third-order valence-corrected chi connectivity index (χ3v) is 2.37. The van der Waals surface area contributed by atoms with E-state index in [1.54, 1.807) is 30.3 Å². The van der Waals surface area contributed by atoms with Gasteiger partial charge in [0.15, 0.2) is 0 Å². The van der Waals surface area contributed by atoms with Crippen LogP contribution in [0.4, 0.5) is 16.0 Å². The Morgan fingerprint density at radius 3 is 2.44 bits per heavy atom. The molecule has 0 amide bonds. The van der Waals surface area contributed by atoms with Crippen molar-refractivity contribution in [2.75, 3.05) is 11.5 Å². The molecule has 0 radical (unpaired) electrons. The summed E-state index contributed by atoms with van der Waals surface area (Å²) >= 11 is 0. The molecule has 4 heteroatoms. The molecule has 0 aliphatic carbocycles. The van der Waals surface area contributed by atoms with Crippen LogP contribution in [0.1, 0.15) is 11.1 Å². The number of anilines is 2. The highest BCUT2D eigenvalue weighted by Crippen LogP contribution is 2.17. The molecule has 2 aromatic rings. The van der Waals surface area contributed by atoms with Gasteiger partial charge in [-0.2, -0.15) is 0 Å². The minimum absolute atomic E-state index is 0.237. The number of aromatic nitrogens is 1. The molecule has 3 nitrogen and oxygen atoms in total. The molecule has 0 saturated heterocycles. The van der Waals surface area contributed by atoms with Crippen molar-refractivity contribution in [3.8, 4) is 0 Å². The zero-order valence-corrected chi connectivity index (χ0v) is 8.65. The summed E-state index contributed by atoms with van der Waals surface area (Å²) in [5.41, 5.74) is 12.6. The van der Waals surface area contributed by atoms with E-state index in [1.807, 2.05) is 0 Å². The summed E-state index contributed by atoms with van der Waals surface area (Å²) < 4.78 is 13.4. The first-order valence-corrected chi connectivity index (χ1v) is 4.91. The number of pyridine rings is 1. The summed E-state index contributed by atoms with van der Waals surface area (Å²) in [7, 11) is 0. The van der Waals surface area contributed by atoms with Crippen LogP contribution in [0, 0.1) is 5.82 Å². The van der Waals surface area contributed by atoms with E-state index in [4.69, 9.17) is 11.5 Å². The van der Waals surface area contributed by atoms with Gasteiger partial charge in [-0.1, -0.05) is 24.3 Å². The van der Waals surface area contributed by atoms with Crippen molar-refractivity contribution >= 4 is 11.6 Å². The Hall–Kier alpha value is -2.10. The molecule has 1 aromatic carbocycles. The minimum Gasteiger partial charge on any atom is -0.384 e. The average molecular weight is 217 g/mol. The van der Waals surface area contributed by atoms with Gasteiger partial charge in [0.05, 0.1) is 0 Å². The van der Waals surface area contributed by atoms with Gasteiger partial charge in [-0.3, -0.25) is 0 Å². The van der Waals surface area contributed by atoms with E-state index in [0.29, 0.717) is 23.6 Å². The largest absolute Gasteiger partial charge is 0.384 e. The van der Waals surface area contributed by atoms with Crippen molar-refractivity contribution in [2.45, 2.75) is 6.42 Å². The van der Waals surface area contributed by atoms with E-state index in [1.165, 1.54) is 6.07 Å². The van der Waals surface area contributed by atoms with Crippen molar-refractivity contribution in [2.24, 2.45) is 0 Å². The quantitative estimate of drug-likeness (QED) is 0.808. The maximum absolute atomic E-state index is 13.4. The van der Waals surface area contributed by atoms with Gasteiger partial charge in [0, 0.05) is 6.42 Å². The van der Waals surface area contributed by atoms with Crippen LogP contribution in [-0.2, 0) is 6.42 Å². The fraction of sp³-hybridized carbons (Fsp3) is 0.0833. The second-order valence-electron chi connectivity index (χ2n) is 3.55. The van der Waals surface area contributed by atoms with Crippen LogP contribution >= 0.6 is 0 Å². The van der Waals surface area contributed by atoms with E-state index < -0.39 is 0 Å². The van der Waals surface area contributed by atoms with Crippen LogP contribution < -0.4 is 11.5 Å². The van der Waals surface area contributed by atoms with Crippen molar-refractivity contribution in [1.29, 1.82) is 0 Å². The Bertz CT molecular complexity index is 511. The lowest BCUT2D eigenvalue weighted by atomic mass is 10.1. The summed E-state index contributed by atoms with van der Waals surface area (Å²) in [4.78, 5) is 3.93. The van der Waals surface area contributed by atoms with Crippen molar-refractivity contribution in [3.05, 3.63) is 53.3 Å². The molecule has 1 heterocycles. The first kappa shape index (κ1) is 10.4. The van der Waals surface area contributed by atoms with Crippen LogP contribution in [0.25, 0.3) is 0 Å². The maximum Gasteiger partial charge on any atom is 0.129 e. The molecule has 4 N–H and O–H groups in total. The molecule has 82 valence electrons. The van der Waals surface area contributed by atoms with Gasteiger partial charge < -0.3 is 11.5 Å². The van der Waals surface area contributed by atoms with Gasteiger partial charge in [-0.15, -0.1) is 0 Å². The Balaban J connectivity index is 2.31. The topological polar surface area (TPSA) is 64.9 Å². The zero-order valence-electron chi connectivity index (χ0n) is 8.65. The molecule has 0 bridgehead atoms. The minimum atomic E-state index is -0.237. The number of benzene rings is 1. The SMILES string of the molecule is Nc1ccc(Cc2ccccc2F)c(N)n1. The van der Waals surface area contributed by atoms with Gasteiger partial charge in [0.1, 0.15) is 17.5 Å². The predicted molar refractivity (Wildman–Crippen MR) is 62.3 cm³/mol. The number of nitrogens with two attached hydrogens (primary N) is 2. The molecule has 2 rings (SSSR count). The van der Waals surface area contributed by atoms with E-state index in [9.17, 15) is 4.39 Å². The van der Waals surface area contributed by atoms with Gasteiger partial charge in [-0.05, 0) is 23.3 Å². The highest BCUT2D eigenvalue weighted by atomic mass is 19.1. The molecule has 0 unspecified atom stereocenters. The Kier molecular flexibility index (Phi) is 2.72. The summed E-state index contributed by atoms with van der Waals surface area (Å²) in [5.74, 6) is 0.483. The van der Waals surface area contributed by atoms with E-state index in [-0.39, 0.29) is 5.82 Å². The first-order chi connectivity index (χ1) is 7.66. The number of hydrogen-bond acceptors (Lipinski definition) is 3. The lowest BCUT2D eigenvalue weighted by Gasteiger charge is -2.06. The lowest BCUT2D eigenvalue weighted by Crippen LogP contribution is -2.02. The highest BCUT2D eigenvalue weighted by molar-refractivity contribution is 5.48. The van der Waals surface area contributed by atoms with Crippen LogP contribution in [0.5, 0.6) is 0 Å². The van der Waals surface area contributed by atoms with E-state index >= 15 is 0 Å². The number of nitrogens with zero attached hydrogens (tertiary/aromatic N) is 1. The molecule has 0 fully saturated rings. The summed E-state index contributed by atoms with van der Waals surface area (Å²) in [6, 6.07) is 10.0. The number of rotatable bonds is 2. The van der Waals surface area contributed by atoms with Gasteiger partial charge >= 0.3 is 0 Å². The Morgan fingerprint density at radius 2 is 1.75 bits per heavy atom. The summed E-state index contributed by atoms with van der Waals surface area (Å²) in [6.07, 6.45) is 0.422. The zero-order chi connectivity index (χ0) is 11.5. The second-order valence-corrected chi connectivity index (χ2v) is 3.55. The van der Waals surface area contributed by atoms with E-state index in [2.05, 4.69) is 4.98 Å². The number of halogens is 1. The van der Waals surface area contributed by atoms with Crippen LogP contribution in [0.15, 0.2) is 36.4 Å². The average Bonchev–Trinajstić information content (AvgIpc) is 2.25. The standard InChI is InChI=1S/C12H12FN3/c13-10-4-2-1-3-8(10)7-9-5-6-11(14)16-12(9)15/h1-6H,7H2,(H4,14,15,16). The van der Waals surface area contributed by atoms with Crippen LogP contribution in [0.2, 0.25) is 0 Å². The van der Waals surface area contributed by atoms with Gasteiger partial charge in [0.25, 0.3) is 0 Å². The van der Waals surface area contributed by atoms with Crippen LogP contribution in [-0.4, -0.2) is 4.98 Å². The molecule has 0 spiro atoms. The molecule has 0 atom stereocenters. The normalized spacial score (nSPS) is 10.3. The summed E-state index contributed by atoms with van der Waals surface area (Å²) in [5, 5.41) is 0. The molecule has 0 aliphatic rings. The fourth-order valence-corrected chi connectivity index (χ4v) is 1.52. The van der Waals surface area contributed by atoms with Gasteiger partial charge in [0.2, 0.25) is 0 Å². The predicted octanol–water partition coefficient (Wildman–Crippen LogP) is 1.98. The van der Waals surface area contributed by atoms with Crippen molar-refractivity contribution in [1.82, 2.24) is 4.98 Å². The number of nitrogen functional groups attached to an aromatic ring is 2. The Labute approximate surface area is 92.9 Å². The fourth-order valence-electron chi connectivity index (χ4n) is 1.52. The van der Waals surface area contributed by atoms with E-state index in [0.717, 1.165) is 5.56 Å². The van der Waals surface area contributed by atoms with Gasteiger partial charge in [-0.25, -0.2) is 9.37 Å². The lowest BCUT2D eigenvalue weighted by molar-refractivity contribution is 0.614. The smallest absolute Gasteiger partial charge is 0.129 e. The monoisotopic (exact) mass is 217 g/mol. The maximum atomic E-state index is 13.4. The molecule has 1 aromatic heterocycles. The molecular formula is C12H12FN3. The van der Waals surface area contributed by atoms with Crippen LogP contribution in [0.3, 0.4) is 0 Å². The van der Waals surface area contributed by atoms with Crippen molar-refractivity contribution < 1.29 is 4.39 Å².